The van der Waals surface area contributed by atoms with E-state index >= 15 is 0 Å². The Labute approximate surface area is 142 Å². The van der Waals surface area contributed by atoms with Gasteiger partial charge in [0.15, 0.2) is 5.78 Å². The topological polar surface area (TPSA) is 58.6 Å². The molecule has 0 aliphatic carbocycles. The van der Waals surface area contributed by atoms with Gasteiger partial charge < -0.3 is 10.1 Å². The molecule has 2 rings (SSSR count). The lowest BCUT2D eigenvalue weighted by Gasteiger charge is -2.17. The predicted octanol–water partition coefficient (Wildman–Crippen LogP) is 2.97. The van der Waals surface area contributed by atoms with E-state index in [1.807, 2.05) is 36.2 Å². The molecule has 5 heteroatoms. The number of anilines is 1. The molecular weight excluding hydrogens is 304 g/mol. The lowest BCUT2D eigenvalue weighted by molar-refractivity contribution is -0.117. The first-order chi connectivity index (χ1) is 11.5. The number of rotatable bonds is 7. The van der Waals surface area contributed by atoms with Gasteiger partial charge in [-0.3, -0.25) is 14.5 Å². The number of methoxy groups -OCH3 is 1. The van der Waals surface area contributed by atoms with Gasteiger partial charge in [-0.15, -0.1) is 0 Å². The van der Waals surface area contributed by atoms with Gasteiger partial charge in [0, 0.05) is 12.1 Å². The number of carbonyl (C=O) groups is 2. The minimum atomic E-state index is -0.153. The molecule has 0 aliphatic rings. The molecule has 0 heterocycles. The van der Waals surface area contributed by atoms with E-state index in [9.17, 15) is 9.59 Å². The largest absolute Gasteiger partial charge is 0.497 e. The van der Waals surface area contributed by atoms with Crippen LogP contribution in [0.1, 0.15) is 22.8 Å². The number of hydrogen-bond acceptors (Lipinski definition) is 4. The molecule has 2 aromatic carbocycles. The standard InChI is InChI=1S/C19H22N2O3/c1-14(22)17-6-4-5-7-18(17)20-19(23)13-21(2)12-15-8-10-16(24-3)11-9-15/h4-11H,12-13H2,1-3H3,(H,20,23). The maximum absolute atomic E-state index is 12.2. The second-order valence-corrected chi connectivity index (χ2v) is 5.67. The normalized spacial score (nSPS) is 10.5. The first kappa shape index (κ1) is 17.7. The molecule has 0 fully saturated rings. The molecule has 0 radical (unpaired) electrons. The van der Waals surface area contributed by atoms with Crippen molar-refractivity contribution in [2.45, 2.75) is 13.5 Å². The molecule has 0 saturated heterocycles. The molecule has 2 aromatic rings. The molecule has 0 aliphatic heterocycles. The lowest BCUT2D eigenvalue weighted by atomic mass is 10.1. The summed E-state index contributed by atoms with van der Waals surface area (Å²) in [6.45, 7) is 2.37. The van der Waals surface area contributed by atoms with Crippen molar-refractivity contribution in [3.8, 4) is 5.75 Å². The molecule has 1 amide bonds. The van der Waals surface area contributed by atoms with Crippen LogP contribution in [0.25, 0.3) is 0 Å². The van der Waals surface area contributed by atoms with E-state index in [0.717, 1.165) is 11.3 Å². The minimum Gasteiger partial charge on any atom is -0.497 e. The van der Waals surface area contributed by atoms with Crippen LogP contribution in [0.2, 0.25) is 0 Å². The van der Waals surface area contributed by atoms with Crippen molar-refractivity contribution in [2.75, 3.05) is 26.0 Å². The summed E-state index contributed by atoms with van der Waals surface area (Å²) < 4.78 is 5.13. The first-order valence-electron chi connectivity index (χ1n) is 7.71. The van der Waals surface area contributed by atoms with Crippen molar-refractivity contribution in [3.05, 3.63) is 59.7 Å². The Morgan fingerprint density at radius 1 is 1.08 bits per heavy atom. The van der Waals surface area contributed by atoms with Crippen LogP contribution in [0.15, 0.2) is 48.5 Å². The van der Waals surface area contributed by atoms with Crippen molar-refractivity contribution in [3.63, 3.8) is 0 Å². The third-order valence-corrected chi connectivity index (χ3v) is 3.61. The fraction of sp³-hybridized carbons (Fsp3) is 0.263. The zero-order valence-corrected chi connectivity index (χ0v) is 14.2. The van der Waals surface area contributed by atoms with Crippen LogP contribution < -0.4 is 10.1 Å². The van der Waals surface area contributed by atoms with Crippen molar-refractivity contribution in [2.24, 2.45) is 0 Å². The van der Waals surface area contributed by atoms with Gasteiger partial charge in [-0.25, -0.2) is 0 Å². The smallest absolute Gasteiger partial charge is 0.238 e. The molecule has 0 spiro atoms. The monoisotopic (exact) mass is 326 g/mol. The molecule has 0 saturated carbocycles. The minimum absolute atomic E-state index is 0.0718. The van der Waals surface area contributed by atoms with Gasteiger partial charge in [-0.2, -0.15) is 0 Å². The van der Waals surface area contributed by atoms with Gasteiger partial charge in [0.25, 0.3) is 0 Å². The van der Waals surface area contributed by atoms with E-state index in [2.05, 4.69) is 5.32 Å². The van der Waals surface area contributed by atoms with E-state index in [0.29, 0.717) is 17.8 Å². The zero-order valence-electron chi connectivity index (χ0n) is 14.2. The maximum Gasteiger partial charge on any atom is 0.238 e. The summed E-state index contributed by atoms with van der Waals surface area (Å²) in [4.78, 5) is 25.7. The molecule has 5 nitrogen and oxygen atoms in total. The van der Waals surface area contributed by atoms with E-state index in [1.54, 1.807) is 31.4 Å². The summed E-state index contributed by atoms with van der Waals surface area (Å²) in [5.41, 5.74) is 2.16. The third-order valence-electron chi connectivity index (χ3n) is 3.61. The van der Waals surface area contributed by atoms with E-state index in [4.69, 9.17) is 4.74 Å². The molecule has 1 N–H and O–H groups in total. The fourth-order valence-electron chi connectivity index (χ4n) is 2.43. The van der Waals surface area contributed by atoms with E-state index in [1.165, 1.54) is 6.92 Å². The Balaban J connectivity index is 1.93. The number of Topliss-reactive ketones (excluding diaryl/α,β-unsaturated/α-hetero) is 1. The van der Waals surface area contributed by atoms with Crippen LogP contribution in [0.3, 0.4) is 0 Å². The van der Waals surface area contributed by atoms with Crippen molar-refractivity contribution in [1.29, 1.82) is 0 Å². The molecule has 24 heavy (non-hydrogen) atoms. The van der Waals surface area contributed by atoms with Crippen LogP contribution in [0.5, 0.6) is 5.75 Å². The third kappa shape index (κ3) is 4.93. The van der Waals surface area contributed by atoms with Crippen LogP contribution in [-0.2, 0) is 11.3 Å². The van der Waals surface area contributed by atoms with Gasteiger partial charge in [-0.1, -0.05) is 24.3 Å². The van der Waals surface area contributed by atoms with Crippen LogP contribution in [-0.4, -0.2) is 37.3 Å². The van der Waals surface area contributed by atoms with Crippen molar-refractivity contribution >= 4 is 17.4 Å². The van der Waals surface area contributed by atoms with Crippen LogP contribution >= 0.6 is 0 Å². The zero-order chi connectivity index (χ0) is 17.5. The fourth-order valence-corrected chi connectivity index (χ4v) is 2.43. The number of ketones is 1. The Morgan fingerprint density at radius 3 is 2.38 bits per heavy atom. The summed E-state index contributed by atoms with van der Waals surface area (Å²) in [5, 5.41) is 2.81. The highest BCUT2D eigenvalue weighted by atomic mass is 16.5. The number of hydrogen-bond donors (Lipinski definition) is 1. The van der Waals surface area contributed by atoms with Gasteiger partial charge >= 0.3 is 0 Å². The van der Waals surface area contributed by atoms with Gasteiger partial charge in [0.05, 0.1) is 19.3 Å². The summed E-state index contributed by atoms with van der Waals surface area (Å²) in [7, 11) is 3.51. The van der Waals surface area contributed by atoms with E-state index in [-0.39, 0.29) is 18.2 Å². The Hall–Kier alpha value is -2.66. The van der Waals surface area contributed by atoms with E-state index < -0.39 is 0 Å². The molecule has 0 bridgehead atoms. The quantitative estimate of drug-likeness (QED) is 0.795. The Morgan fingerprint density at radius 2 is 1.75 bits per heavy atom. The average Bonchev–Trinajstić information content (AvgIpc) is 2.55. The number of benzene rings is 2. The van der Waals surface area contributed by atoms with Crippen molar-refractivity contribution in [1.82, 2.24) is 4.90 Å². The first-order valence-corrected chi connectivity index (χ1v) is 7.71. The number of amides is 1. The summed E-state index contributed by atoms with van der Waals surface area (Å²) >= 11 is 0. The average molecular weight is 326 g/mol. The molecule has 126 valence electrons. The number of carbonyl (C=O) groups excluding carboxylic acids is 2. The van der Waals surface area contributed by atoms with Gasteiger partial charge in [0.2, 0.25) is 5.91 Å². The Bertz CT molecular complexity index is 711. The number of ether oxygens (including phenoxy) is 1. The Kier molecular flexibility index (Phi) is 6.09. The number of nitrogens with zero attached hydrogens (tertiary/aromatic N) is 1. The second kappa shape index (κ2) is 8.26. The molecule has 0 aromatic heterocycles. The number of likely N-dealkylation sites (N-methyl/N-ethyl adjacent to an activating group) is 1. The lowest BCUT2D eigenvalue weighted by Crippen LogP contribution is -2.30. The molecule has 0 atom stereocenters. The van der Waals surface area contributed by atoms with Crippen LogP contribution in [0, 0.1) is 0 Å². The van der Waals surface area contributed by atoms with Crippen LogP contribution in [0.4, 0.5) is 5.69 Å². The van der Waals surface area contributed by atoms with Gasteiger partial charge in [-0.05, 0) is 43.8 Å². The predicted molar refractivity (Wildman–Crippen MR) is 94.4 cm³/mol. The number of para-hydroxylation sites is 1. The molecule has 0 unspecified atom stereocenters. The molecular formula is C19H22N2O3. The summed E-state index contributed by atoms with van der Waals surface area (Å²) in [6.07, 6.45) is 0. The van der Waals surface area contributed by atoms with Gasteiger partial charge in [0.1, 0.15) is 5.75 Å². The summed E-state index contributed by atoms with van der Waals surface area (Å²) in [6, 6.07) is 14.7. The SMILES string of the molecule is COc1ccc(CN(C)CC(=O)Nc2ccccc2C(C)=O)cc1. The maximum atomic E-state index is 12.2. The highest BCUT2D eigenvalue weighted by Gasteiger charge is 2.11. The highest BCUT2D eigenvalue weighted by molar-refractivity contribution is 6.04. The second-order valence-electron chi connectivity index (χ2n) is 5.67. The highest BCUT2D eigenvalue weighted by Crippen LogP contribution is 2.16. The summed E-state index contributed by atoms with van der Waals surface area (Å²) in [5.74, 6) is 0.581. The van der Waals surface area contributed by atoms with Crippen molar-refractivity contribution < 1.29 is 14.3 Å². The number of nitrogens with one attached hydrogen (secondary N) is 1.